The number of hydrogen-bond acceptors (Lipinski definition) is 12. The standard InChI is InChI=1S/C21H20FN3O4.C13H10BrFN2O2.C8H11NO2/c1-25-10-4-8-21(28,20(25)27)9-7-13-5-3-6-14(11-13)17-15(22)12-16(23)18(24-17)19(26)29-2;1-19-13(18)12-10(16)6-9(15)11(17-12)7-3-2-4-8(14)5-7;1-3-8(11)5-4-6-9(2)7(8)10/h3,5-6,11-12,28H,4,8,10,23H2,1-2H3;2-6H,16H2,1H3;1,11H,4-6H2,2H3/t21-;;8-/m1.0/s1. The topological polar surface area (TPSA) is 212 Å². The van der Waals surface area contributed by atoms with Crippen LogP contribution in [0.1, 0.15) is 52.2 Å². The molecule has 6 N–H and O–H groups in total. The van der Waals surface area contributed by atoms with Crippen LogP contribution in [0.25, 0.3) is 22.5 Å². The summed E-state index contributed by atoms with van der Waals surface area (Å²) in [7, 11) is 5.65. The minimum absolute atomic E-state index is 0.0518. The summed E-state index contributed by atoms with van der Waals surface area (Å²) in [5.74, 6) is 3.97. The third-order valence-electron chi connectivity index (χ3n) is 9.12. The highest BCUT2D eigenvalue weighted by molar-refractivity contribution is 9.10. The zero-order chi connectivity index (χ0) is 43.7. The van der Waals surface area contributed by atoms with E-state index in [4.69, 9.17) is 17.9 Å². The van der Waals surface area contributed by atoms with Gasteiger partial charge in [0.15, 0.2) is 23.0 Å². The van der Waals surface area contributed by atoms with Gasteiger partial charge >= 0.3 is 11.9 Å². The van der Waals surface area contributed by atoms with E-state index in [0.717, 1.165) is 23.0 Å². The summed E-state index contributed by atoms with van der Waals surface area (Å²) in [6.07, 6.45) is 7.08. The lowest BCUT2D eigenvalue weighted by Gasteiger charge is -2.32. The van der Waals surface area contributed by atoms with Crippen molar-refractivity contribution in [3.8, 4) is 46.7 Å². The lowest BCUT2D eigenvalue weighted by atomic mass is 9.92. The van der Waals surface area contributed by atoms with Crippen LogP contribution in [0.3, 0.4) is 0 Å². The molecule has 6 rings (SSSR count). The van der Waals surface area contributed by atoms with Crippen molar-refractivity contribution in [1.82, 2.24) is 19.8 Å². The van der Waals surface area contributed by atoms with Gasteiger partial charge in [-0.1, -0.05) is 58.0 Å². The second-order valence-electron chi connectivity index (χ2n) is 13.4. The number of halogens is 3. The van der Waals surface area contributed by atoms with Gasteiger partial charge in [-0.05, 0) is 49.9 Å². The maximum atomic E-state index is 14.4. The van der Waals surface area contributed by atoms with E-state index in [1.165, 1.54) is 24.0 Å². The summed E-state index contributed by atoms with van der Waals surface area (Å²) in [5.41, 5.74) is 8.79. The molecule has 2 aliphatic rings. The van der Waals surface area contributed by atoms with Gasteiger partial charge in [0.2, 0.25) is 11.2 Å². The molecule has 2 aliphatic heterocycles. The van der Waals surface area contributed by atoms with Gasteiger partial charge in [0.25, 0.3) is 11.8 Å². The molecule has 17 heteroatoms. The predicted molar refractivity (Wildman–Crippen MR) is 218 cm³/mol. The monoisotopic (exact) mass is 874 g/mol. The van der Waals surface area contributed by atoms with E-state index in [1.54, 1.807) is 62.6 Å². The number of methoxy groups -OCH3 is 2. The molecule has 2 amide bonds. The highest BCUT2D eigenvalue weighted by atomic mass is 79.9. The SMILES string of the molecule is C#C[C@]1(O)CCCN(C)C1=O.COC(=O)c1nc(-c2cccc(Br)c2)c(F)cc1N.COC(=O)c1nc(-c2cccc(C#C[C@]3(O)CCCN(C)C3=O)c2)c(F)cc1N. The van der Waals surface area contributed by atoms with Crippen LogP contribution >= 0.6 is 15.9 Å². The molecular weight excluding hydrogens is 834 g/mol. The van der Waals surface area contributed by atoms with Crippen molar-refractivity contribution < 1.29 is 47.6 Å². The van der Waals surface area contributed by atoms with Crippen molar-refractivity contribution in [3.63, 3.8) is 0 Å². The highest BCUT2D eigenvalue weighted by Crippen LogP contribution is 2.28. The Kier molecular flexibility index (Phi) is 14.9. The van der Waals surface area contributed by atoms with Crippen LogP contribution in [0.4, 0.5) is 20.2 Å². The van der Waals surface area contributed by atoms with E-state index in [-0.39, 0.29) is 46.5 Å². The number of ether oxygens (including phenoxy) is 2. The van der Waals surface area contributed by atoms with Crippen LogP contribution in [0.2, 0.25) is 0 Å². The van der Waals surface area contributed by atoms with Crippen molar-refractivity contribution in [2.24, 2.45) is 0 Å². The van der Waals surface area contributed by atoms with Crippen molar-refractivity contribution >= 4 is 51.1 Å². The summed E-state index contributed by atoms with van der Waals surface area (Å²) >= 11 is 3.29. The Labute approximate surface area is 347 Å². The average molecular weight is 876 g/mol. The number of esters is 2. The van der Waals surface area contributed by atoms with Gasteiger partial charge in [0, 0.05) is 60.5 Å². The van der Waals surface area contributed by atoms with Crippen LogP contribution < -0.4 is 11.5 Å². The molecule has 2 atom stereocenters. The van der Waals surface area contributed by atoms with E-state index in [9.17, 15) is 38.2 Å². The van der Waals surface area contributed by atoms with Gasteiger partial charge in [-0.25, -0.2) is 28.3 Å². The fraction of sp³-hybridized carbons (Fsp3) is 0.286. The molecule has 2 fully saturated rings. The molecule has 2 aromatic carbocycles. The number of terminal acetylenes is 1. The first kappa shape index (κ1) is 45.3. The number of amides is 2. The molecular formula is C42H41BrF2N6O8. The number of hydrogen-bond donors (Lipinski definition) is 4. The minimum atomic E-state index is -1.74. The average Bonchev–Trinajstić information content (AvgIpc) is 3.21. The van der Waals surface area contributed by atoms with Gasteiger partial charge in [0.05, 0.1) is 25.6 Å². The number of nitrogens with zero attached hydrogens (tertiary/aromatic N) is 4. The van der Waals surface area contributed by atoms with Crippen LogP contribution in [-0.4, -0.2) is 106 Å². The summed E-state index contributed by atoms with van der Waals surface area (Å²) in [6, 6.07) is 15.4. The quantitative estimate of drug-likeness (QED) is 0.168. The molecule has 4 heterocycles. The fourth-order valence-electron chi connectivity index (χ4n) is 5.93. The Bertz CT molecular complexity index is 2380. The van der Waals surface area contributed by atoms with Gasteiger partial charge in [-0.2, -0.15) is 0 Å². The molecule has 2 aromatic heterocycles. The van der Waals surface area contributed by atoms with Crippen LogP contribution in [0.5, 0.6) is 0 Å². The summed E-state index contributed by atoms with van der Waals surface area (Å²) in [4.78, 5) is 57.6. The molecule has 0 bridgehead atoms. The third kappa shape index (κ3) is 10.8. The second kappa shape index (κ2) is 19.4. The van der Waals surface area contributed by atoms with Crippen molar-refractivity contribution in [1.29, 1.82) is 0 Å². The summed E-state index contributed by atoms with van der Waals surface area (Å²) in [5, 5.41) is 20.0. The Balaban J connectivity index is 0.000000219. The zero-order valence-corrected chi connectivity index (χ0v) is 34.1. The molecule has 0 aliphatic carbocycles. The van der Waals surface area contributed by atoms with E-state index in [2.05, 4.69) is 53.1 Å². The van der Waals surface area contributed by atoms with Crippen molar-refractivity contribution in [2.75, 3.05) is 52.9 Å². The minimum Gasteiger partial charge on any atom is -0.464 e. The largest absolute Gasteiger partial charge is 0.464 e. The van der Waals surface area contributed by atoms with E-state index < -0.39 is 40.7 Å². The number of anilines is 2. The molecule has 4 aromatic rings. The first-order chi connectivity index (χ1) is 27.9. The van der Waals surface area contributed by atoms with E-state index in [0.29, 0.717) is 42.6 Å². The van der Waals surface area contributed by atoms with E-state index >= 15 is 0 Å². The number of nitrogen functional groups attached to an aromatic ring is 2. The Morgan fingerprint density at radius 1 is 0.797 bits per heavy atom. The lowest BCUT2D eigenvalue weighted by Crippen LogP contribution is -2.51. The fourth-order valence-corrected chi connectivity index (χ4v) is 6.33. The number of piperidine rings is 2. The number of benzene rings is 2. The molecule has 0 saturated carbocycles. The summed E-state index contributed by atoms with van der Waals surface area (Å²) in [6.45, 7) is 1.26. The number of pyridine rings is 2. The number of likely N-dealkylation sites (tertiary alicyclic amines) is 2. The number of aliphatic hydroxyl groups is 2. The molecule has 59 heavy (non-hydrogen) atoms. The first-order valence-corrected chi connectivity index (χ1v) is 18.6. The molecule has 0 radical (unpaired) electrons. The van der Waals surface area contributed by atoms with Crippen LogP contribution in [0.15, 0.2) is 65.1 Å². The molecule has 0 spiro atoms. The molecule has 2 saturated heterocycles. The number of carbonyl (C=O) groups excluding carboxylic acids is 4. The predicted octanol–water partition coefficient (Wildman–Crippen LogP) is 4.21. The molecule has 14 nitrogen and oxygen atoms in total. The highest BCUT2D eigenvalue weighted by Gasteiger charge is 2.40. The van der Waals surface area contributed by atoms with Gasteiger partial charge in [0.1, 0.15) is 11.4 Å². The zero-order valence-electron chi connectivity index (χ0n) is 32.5. The van der Waals surface area contributed by atoms with Crippen molar-refractivity contribution in [3.05, 3.63) is 93.7 Å². The van der Waals surface area contributed by atoms with E-state index in [1.807, 2.05) is 0 Å². The second-order valence-corrected chi connectivity index (χ2v) is 14.3. The normalized spacial score (nSPS) is 18.4. The smallest absolute Gasteiger partial charge is 0.358 e. The summed E-state index contributed by atoms with van der Waals surface area (Å²) < 4.78 is 38.3. The number of rotatable bonds is 4. The number of aromatic nitrogens is 2. The molecule has 0 unspecified atom stereocenters. The van der Waals surface area contributed by atoms with Gasteiger partial charge < -0.3 is 41.0 Å². The first-order valence-electron chi connectivity index (χ1n) is 17.8. The number of nitrogens with two attached hydrogens (primary N) is 2. The lowest BCUT2D eigenvalue weighted by molar-refractivity contribution is -0.149. The van der Waals surface area contributed by atoms with Crippen molar-refractivity contribution in [2.45, 2.75) is 36.9 Å². The number of likely N-dealkylation sites (N-methyl/N-ethyl adjacent to an activating group) is 2. The maximum absolute atomic E-state index is 14.4. The Hall–Kier alpha value is -6.40. The van der Waals surface area contributed by atoms with Crippen LogP contribution in [0, 0.1) is 35.8 Å². The Morgan fingerprint density at radius 2 is 1.25 bits per heavy atom. The Morgan fingerprint density at radius 3 is 1.71 bits per heavy atom. The third-order valence-corrected chi connectivity index (χ3v) is 9.61. The van der Waals surface area contributed by atoms with Gasteiger partial charge in [-0.3, -0.25) is 9.59 Å². The van der Waals surface area contributed by atoms with Crippen LogP contribution in [-0.2, 0) is 19.1 Å². The molecule has 308 valence electrons. The number of carbonyl (C=O) groups is 4. The maximum Gasteiger partial charge on any atom is 0.358 e. The van der Waals surface area contributed by atoms with Gasteiger partial charge in [-0.15, -0.1) is 6.42 Å².